The van der Waals surface area contributed by atoms with Crippen molar-refractivity contribution in [3.63, 3.8) is 0 Å². The fraction of sp³-hybridized carbons (Fsp3) is 0.824. The number of carbonyl (C=O) groups excluding carboxylic acids is 3. The predicted octanol–water partition coefficient (Wildman–Crippen LogP) is 0.126. The second-order valence-electron chi connectivity index (χ2n) is 7.22. The highest BCUT2D eigenvalue weighted by atomic mass is 16.5. The van der Waals surface area contributed by atoms with Crippen LogP contribution in [-0.2, 0) is 14.3 Å². The maximum atomic E-state index is 12.3. The van der Waals surface area contributed by atoms with E-state index in [1.165, 1.54) is 19.3 Å². The first-order valence-electron chi connectivity index (χ1n) is 9.30. The number of nitrogens with zero attached hydrogens (tertiary/aromatic N) is 1. The molecule has 140 valence electrons. The number of hydrogen-bond acceptors (Lipinski definition) is 5. The zero-order chi connectivity index (χ0) is 17.7. The lowest BCUT2D eigenvalue weighted by Gasteiger charge is -2.48. The van der Waals surface area contributed by atoms with Crippen LogP contribution in [0.25, 0.3) is 0 Å². The molecule has 0 aromatic heterocycles. The van der Waals surface area contributed by atoms with Crippen LogP contribution in [-0.4, -0.2) is 67.2 Å². The average molecular weight is 352 g/mol. The normalized spacial score (nSPS) is 26.8. The Kier molecular flexibility index (Phi) is 5.90. The number of nitrogens with one attached hydrogen (secondary N) is 3. The lowest BCUT2D eigenvalue weighted by Crippen LogP contribution is -2.59. The lowest BCUT2D eigenvalue weighted by molar-refractivity contribution is -0.123. The minimum absolute atomic E-state index is 0.0383. The zero-order valence-corrected chi connectivity index (χ0v) is 14.6. The minimum Gasteiger partial charge on any atom is -0.379 e. The molecule has 0 radical (unpaired) electrons. The van der Waals surface area contributed by atoms with Gasteiger partial charge < -0.3 is 15.4 Å². The van der Waals surface area contributed by atoms with Gasteiger partial charge in [0.1, 0.15) is 6.04 Å². The molecule has 3 rings (SSSR count). The summed E-state index contributed by atoms with van der Waals surface area (Å²) < 4.78 is 5.47. The third-order valence-electron chi connectivity index (χ3n) is 5.60. The molecule has 1 aliphatic carbocycles. The van der Waals surface area contributed by atoms with Crippen molar-refractivity contribution in [2.75, 3.05) is 32.8 Å². The van der Waals surface area contributed by atoms with E-state index in [1.807, 2.05) is 0 Å². The van der Waals surface area contributed by atoms with Crippen LogP contribution in [0.2, 0.25) is 0 Å². The highest BCUT2D eigenvalue weighted by molar-refractivity contribution is 6.04. The molecule has 1 saturated carbocycles. The Balaban J connectivity index is 1.49. The molecular formula is C17H28N4O4. The number of ether oxygens (including phenoxy) is 1. The molecule has 8 heteroatoms. The van der Waals surface area contributed by atoms with Gasteiger partial charge >= 0.3 is 6.03 Å². The van der Waals surface area contributed by atoms with E-state index in [4.69, 9.17) is 4.74 Å². The molecule has 2 aliphatic heterocycles. The molecule has 4 amide bonds. The molecule has 3 aliphatic rings. The van der Waals surface area contributed by atoms with E-state index in [-0.39, 0.29) is 23.8 Å². The van der Waals surface area contributed by atoms with Gasteiger partial charge in [-0.15, -0.1) is 0 Å². The Morgan fingerprint density at radius 2 is 1.92 bits per heavy atom. The van der Waals surface area contributed by atoms with Crippen molar-refractivity contribution in [2.24, 2.45) is 0 Å². The van der Waals surface area contributed by atoms with Gasteiger partial charge in [0, 0.05) is 31.6 Å². The fourth-order valence-corrected chi connectivity index (χ4v) is 4.14. The highest BCUT2D eigenvalue weighted by Crippen LogP contribution is 2.33. The number of morpholine rings is 1. The summed E-state index contributed by atoms with van der Waals surface area (Å²) in [5, 5.41) is 7.78. The van der Waals surface area contributed by atoms with E-state index in [2.05, 4.69) is 20.9 Å². The van der Waals surface area contributed by atoms with Crippen LogP contribution in [0, 0.1) is 0 Å². The molecule has 1 atom stereocenters. The van der Waals surface area contributed by atoms with Crippen LogP contribution in [0.15, 0.2) is 0 Å². The van der Waals surface area contributed by atoms with Gasteiger partial charge in [0.05, 0.1) is 13.2 Å². The summed E-state index contributed by atoms with van der Waals surface area (Å²) >= 11 is 0. The molecule has 3 fully saturated rings. The number of imide groups is 1. The maximum absolute atomic E-state index is 12.3. The summed E-state index contributed by atoms with van der Waals surface area (Å²) in [6.07, 6.45) is 6.42. The molecule has 0 aromatic carbocycles. The smallest absolute Gasteiger partial charge is 0.322 e. The number of rotatable bonds is 6. The quantitative estimate of drug-likeness (QED) is 0.590. The van der Waals surface area contributed by atoms with Gasteiger partial charge in [0.25, 0.3) is 5.91 Å². The number of amides is 4. The second-order valence-corrected chi connectivity index (χ2v) is 7.22. The first-order chi connectivity index (χ1) is 12.1. The first-order valence-corrected chi connectivity index (χ1v) is 9.30. The van der Waals surface area contributed by atoms with Crippen LogP contribution >= 0.6 is 0 Å². The third-order valence-corrected chi connectivity index (χ3v) is 5.60. The van der Waals surface area contributed by atoms with Crippen molar-refractivity contribution in [2.45, 2.75) is 56.5 Å². The van der Waals surface area contributed by atoms with Gasteiger partial charge in [0.15, 0.2) is 0 Å². The predicted molar refractivity (Wildman–Crippen MR) is 90.9 cm³/mol. The van der Waals surface area contributed by atoms with Gasteiger partial charge in [-0.25, -0.2) is 4.79 Å². The Labute approximate surface area is 148 Å². The fourth-order valence-electron chi connectivity index (χ4n) is 4.14. The second kappa shape index (κ2) is 8.14. The lowest BCUT2D eigenvalue weighted by atomic mass is 9.79. The first kappa shape index (κ1) is 18.1. The van der Waals surface area contributed by atoms with Crippen molar-refractivity contribution >= 4 is 17.8 Å². The summed E-state index contributed by atoms with van der Waals surface area (Å²) in [6, 6.07) is -1.08. The van der Waals surface area contributed by atoms with Crippen LogP contribution in [0.1, 0.15) is 44.9 Å². The van der Waals surface area contributed by atoms with Gasteiger partial charge in [0.2, 0.25) is 5.91 Å². The number of carbonyl (C=O) groups is 3. The largest absolute Gasteiger partial charge is 0.379 e. The zero-order valence-electron chi connectivity index (χ0n) is 14.6. The Bertz CT molecular complexity index is 513. The Morgan fingerprint density at radius 1 is 1.20 bits per heavy atom. The Morgan fingerprint density at radius 3 is 2.56 bits per heavy atom. The van der Waals surface area contributed by atoms with Crippen molar-refractivity contribution in [1.29, 1.82) is 0 Å². The molecule has 0 aromatic rings. The number of urea groups is 1. The molecule has 0 bridgehead atoms. The van der Waals surface area contributed by atoms with E-state index in [9.17, 15) is 14.4 Å². The molecule has 0 unspecified atom stereocenters. The highest BCUT2D eigenvalue weighted by Gasteiger charge is 2.39. The molecule has 8 nitrogen and oxygen atoms in total. The summed E-state index contributed by atoms with van der Waals surface area (Å²) in [5.41, 5.74) is 0.0383. The summed E-state index contributed by atoms with van der Waals surface area (Å²) in [7, 11) is 0. The molecule has 2 saturated heterocycles. The maximum Gasteiger partial charge on any atom is 0.322 e. The van der Waals surface area contributed by atoms with Crippen molar-refractivity contribution in [3.8, 4) is 0 Å². The molecule has 3 N–H and O–H groups in total. The van der Waals surface area contributed by atoms with Crippen molar-refractivity contribution in [3.05, 3.63) is 0 Å². The Hall–Kier alpha value is -1.67. The summed E-state index contributed by atoms with van der Waals surface area (Å²) in [4.78, 5) is 37.4. The standard InChI is InChI=1S/C17H28N4O4/c22-14(5-4-13-15(23)20-16(24)19-13)18-12-17(6-2-1-3-7-17)21-8-10-25-11-9-21/h13H,1-12H2,(H,18,22)(H2,19,20,23,24)/t13-/m0/s1. The van der Waals surface area contributed by atoms with E-state index < -0.39 is 12.1 Å². The topological polar surface area (TPSA) is 99.8 Å². The molecule has 2 heterocycles. The summed E-state index contributed by atoms with van der Waals surface area (Å²) in [6.45, 7) is 4.00. The van der Waals surface area contributed by atoms with E-state index in [0.717, 1.165) is 39.1 Å². The van der Waals surface area contributed by atoms with Crippen LogP contribution in [0.3, 0.4) is 0 Å². The van der Waals surface area contributed by atoms with Gasteiger partial charge in [-0.05, 0) is 19.3 Å². The minimum atomic E-state index is -0.596. The molecular weight excluding hydrogens is 324 g/mol. The van der Waals surface area contributed by atoms with Gasteiger partial charge in [-0.2, -0.15) is 0 Å². The van der Waals surface area contributed by atoms with Gasteiger partial charge in [-0.3, -0.25) is 19.8 Å². The van der Waals surface area contributed by atoms with Gasteiger partial charge in [-0.1, -0.05) is 19.3 Å². The van der Waals surface area contributed by atoms with E-state index in [0.29, 0.717) is 13.0 Å². The van der Waals surface area contributed by atoms with Crippen molar-refractivity contribution < 1.29 is 19.1 Å². The number of hydrogen-bond donors (Lipinski definition) is 3. The molecule has 0 spiro atoms. The van der Waals surface area contributed by atoms with Crippen LogP contribution in [0.4, 0.5) is 4.79 Å². The van der Waals surface area contributed by atoms with Crippen LogP contribution < -0.4 is 16.0 Å². The summed E-state index contributed by atoms with van der Waals surface area (Å²) in [5.74, 6) is -0.415. The van der Waals surface area contributed by atoms with E-state index in [1.54, 1.807) is 0 Å². The van der Waals surface area contributed by atoms with Crippen LogP contribution in [0.5, 0.6) is 0 Å². The third kappa shape index (κ3) is 4.49. The monoisotopic (exact) mass is 352 g/mol. The average Bonchev–Trinajstić information content (AvgIpc) is 2.97. The SMILES string of the molecule is O=C(CC[C@@H]1NC(=O)NC1=O)NCC1(N2CCOCC2)CCCCC1. The van der Waals surface area contributed by atoms with Crippen molar-refractivity contribution in [1.82, 2.24) is 20.9 Å². The molecule has 25 heavy (non-hydrogen) atoms. The van der Waals surface area contributed by atoms with E-state index >= 15 is 0 Å².